The van der Waals surface area contributed by atoms with Crippen LogP contribution in [0, 0.1) is 17.1 Å². The predicted molar refractivity (Wildman–Crippen MR) is 161 cm³/mol. The number of likely N-dealkylation sites (N-methyl/N-ethyl adjacent to an activating group) is 1. The molecule has 2 fully saturated rings. The molecule has 0 unspecified atom stereocenters. The number of halogens is 1. The van der Waals surface area contributed by atoms with E-state index in [1.165, 1.54) is 34.8 Å². The molecule has 2 saturated heterocycles. The van der Waals surface area contributed by atoms with Gasteiger partial charge in [0.15, 0.2) is 10.9 Å². The number of benzene rings is 1. The fraction of sp³-hybridized carbons (Fsp3) is 0.464. The number of imidazole rings is 1. The first-order valence-corrected chi connectivity index (χ1v) is 15.7. The van der Waals surface area contributed by atoms with Gasteiger partial charge in [0.25, 0.3) is 0 Å². The van der Waals surface area contributed by atoms with Crippen molar-refractivity contribution in [2.24, 2.45) is 0 Å². The molecule has 220 valence electrons. The first-order valence-electron chi connectivity index (χ1n) is 14.0. The minimum Gasteiger partial charge on any atom is -0.389 e. The lowest BCUT2D eigenvalue weighted by molar-refractivity contribution is -0.142. The number of anilines is 3. The second-order valence-corrected chi connectivity index (χ2v) is 12.5. The summed E-state index contributed by atoms with van der Waals surface area (Å²) >= 11 is 2.81. The molecule has 4 aromatic rings. The SMILES string of the molecule is CCc1nc2sc(N3CC[C@@H](N(CC)CC(=O)N4CC(O)C4)C3)nn2c1N(C)c1nc(-c2ccc(F)cc2)c(C#N)s1. The number of aliphatic hydroxyl groups is 1. The first kappa shape index (κ1) is 28.5. The van der Waals surface area contributed by atoms with Crippen molar-refractivity contribution in [3.63, 3.8) is 0 Å². The van der Waals surface area contributed by atoms with Crippen molar-refractivity contribution in [2.45, 2.75) is 38.8 Å². The monoisotopic (exact) mass is 609 g/mol. The zero-order chi connectivity index (χ0) is 29.5. The van der Waals surface area contributed by atoms with Crippen LogP contribution in [0.5, 0.6) is 0 Å². The number of carbonyl (C=O) groups is 1. The third kappa shape index (κ3) is 5.22. The van der Waals surface area contributed by atoms with Gasteiger partial charge in [0.05, 0.1) is 18.3 Å². The standard InChI is InChI=1S/C28H32FN9O2S2/c1-4-21-25(34(3)26-32-24(22(12-30)41-26)17-6-8-18(29)9-7-17)38-27(31-21)42-28(33-38)36-11-10-19(13-36)35(5-2)16-23(40)37-14-20(39)15-37/h6-9,19-20,39H,4-5,10-11,13-16H2,1-3H3/t19-/m1/s1. The molecule has 2 aliphatic heterocycles. The molecule has 1 N–H and O–H groups in total. The molecule has 0 saturated carbocycles. The van der Waals surface area contributed by atoms with Crippen LogP contribution in [-0.4, -0.2) is 98.9 Å². The van der Waals surface area contributed by atoms with Gasteiger partial charge >= 0.3 is 0 Å². The summed E-state index contributed by atoms with van der Waals surface area (Å²) in [6.45, 7) is 7.70. The van der Waals surface area contributed by atoms with Gasteiger partial charge in [-0.2, -0.15) is 9.78 Å². The molecule has 6 rings (SSSR count). The van der Waals surface area contributed by atoms with E-state index in [0.29, 0.717) is 47.3 Å². The van der Waals surface area contributed by atoms with Crippen molar-refractivity contribution in [1.29, 1.82) is 5.26 Å². The van der Waals surface area contributed by atoms with Crippen LogP contribution in [0.25, 0.3) is 16.2 Å². The number of likely N-dealkylation sites (tertiary alicyclic amines) is 1. The van der Waals surface area contributed by atoms with Crippen LogP contribution < -0.4 is 9.80 Å². The summed E-state index contributed by atoms with van der Waals surface area (Å²) in [7, 11) is 1.90. The number of hydrogen-bond donors (Lipinski definition) is 1. The number of aryl methyl sites for hydroxylation is 1. The Labute approximate surface area is 251 Å². The summed E-state index contributed by atoms with van der Waals surface area (Å²) in [5, 5.41) is 25.8. The Kier molecular flexibility index (Phi) is 7.84. The van der Waals surface area contributed by atoms with E-state index in [2.05, 4.69) is 22.8 Å². The number of fused-ring (bicyclic) bond motifs is 1. The Bertz CT molecular complexity index is 1640. The molecule has 1 atom stereocenters. The van der Waals surface area contributed by atoms with Crippen molar-refractivity contribution >= 4 is 49.6 Å². The maximum Gasteiger partial charge on any atom is 0.236 e. The minimum atomic E-state index is -0.396. The smallest absolute Gasteiger partial charge is 0.236 e. The van der Waals surface area contributed by atoms with Crippen LogP contribution in [0.2, 0.25) is 0 Å². The second kappa shape index (κ2) is 11.6. The number of β-amino-alcohol motifs (C(OH)–C–C–N with tert-alkyl or cyclic N) is 1. The van der Waals surface area contributed by atoms with Crippen LogP contribution in [-0.2, 0) is 11.2 Å². The van der Waals surface area contributed by atoms with E-state index in [-0.39, 0.29) is 17.8 Å². The normalized spacial score (nSPS) is 17.3. The molecular weight excluding hydrogens is 578 g/mol. The highest BCUT2D eigenvalue weighted by Gasteiger charge is 2.34. The summed E-state index contributed by atoms with van der Waals surface area (Å²) in [4.78, 5) is 31.6. The number of aromatic nitrogens is 4. The largest absolute Gasteiger partial charge is 0.389 e. The van der Waals surface area contributed by atoms with Crippen LogP contribution >= 0.6 is 22.7 Å². The van der Waals surface area contributed by atoms with Crippen LogP contribution in [0.4, 0.5) is 20.5 Å². The van der Waals surface area contributed by atoms with Gasteiger partial charge in [0, 0.05) is 44.8 Å². The number of aliphatic hydroxyl groups excluding tert-OH is 1. The van der Waals surface area contributed by atoms with Crippen LogP contribution in [0.1, 0.15) is 30.8 Å². The van der Waals surface area contributed by atoms with Gasteiger partial charge in [-0.1, -0.05) is 36.5 Å². The van der Waals surface area contributed by atoms with Gasteiger partial charge in [-0.15, -0.1) is 5.10 Å². The molecule has 3 aromatic heterocycles. The summed E-state index contributed by atoms with van der Waals surface area (Å²) in [5.74, 6) is 0.524. The van der Waals surface area contributed by atoms with Crippen molar-refractivity contribution in [2.75, 3.05) is 56.1 Å². The number of thiazole rings is 1. The highest BCUT2D eigenvalue weighted by molar-refractivity contribution is 7.20. The number of nitrogens with zero attached hydrogens (tertiary/aromatic N) is 9. The topological polar surface area (TPSA) is 117 Å². The molecule has 1 amide bonds. The summed E-state index contributed by atoms with van der Waals surface area (Å²) < 4.78 is 15.4. The Balaban J connectivity index is 1.23. The Morgan fingerprint density at radius 3 is 2.62 bits per heavy atom. The number of nitriles is 1. The highest BCUT2D eigenvalue weighted by Crippen LogP contribution is 2.38. The fourth-order valence-electron chi connectivity index (χ4n) is 5.54. The third-order valence-electron chi connectivity index (χ3n) is 7.92. The van der Waals surface area contributed by atoms with Gasteiger partial charge < -0.3 is 19.8 Å². The number of amides is 1. The summed E-state index contributed by atoms with van der Waals surface area (Å²) in [6, 6.07) is 8.46. The molecule has 11 nitrogen and oxygen atoms in total. The summed E-state index contributed by atoms with van der Waals surface area (Å²) in [5.41, 5.74) is 2.09. The summed E-state index contributed by atoms with van der Waals surface area (Å²) in [6.07, 6.45) is 1.24. The number of hydrogen-bond acceptors (Lipinski definition) is 11. The van der Waals surface area contributed by atoms with Gasteiger partial charge in [0.2, 0.25) is 16.0 Å². The van der Waals surface area contributed by atoms with Crippen LogP contribution in [0.3, 0.4) is 0 Å². The lowest BCUT2D eigenvalue weighted by atomic mass is 10.1. The van der Waals surface area contributed by atoms with Gasteiger partial charge in [-0.05, 0) is 43.7 Å². The van der Waals surface area contributed by atoms with Crippen molar-refractivity contribution in [3.8, 4) is 17.3 Å². The van der Waals surface area contributed by atoms with Gasteiger partial charge in [0.1, 0.15) is 22.5 Å². The molecule has 1 aromatic carbocycles. The average molecular weight is 610 g/mol. The molecule has 0 bridgehead atoms. The molecule has 2 aliphatic rings. The molecule has 42 heavy (non-hydrogen) atoms. The second-order valence-electron chi connectivity index (χ2n) is 10.6. The highest BCUT2D eigenvalue weighted by atomic mass is 32.1. The van der Waals surface area contributed by atoms with Crippen molar-refractivity contribution in [1.82, 2.24) is 29.4 Å². The van der Waals surface area contributed by atoms with E-state index in [4.69, 9.17) is 15.1 Å². The van der Waals surface area contributed by atoms with Gasteiger partial charge in [-0.25, -0.2) is 14.4 Å². The predicted octanol–water partition coefficient (Wildman–Crippen LogP) is 3.36. The lowest BCUT2D eigenvalue weighted by Gasteiger charge is -2.38. The molecule has 0 radical (unpaired) electrons. The van der Waals surface area contributed by atoms with Crippen molar-refractivity contribution < 1.29 is 14.3 Å². The maximum atomic E-state index is 13.5. The number of rotatable bonds is 9. The maximum absolute atomic E-state index is 13.5. The molecule has 0 spiro atoms. The molecule has 0 aliphatic carbocycles. The van der Waals surface area contributed by atoms with Crippen molar-refractivity contribution in [3.05, 3.63) is 40.7 Å². The first-order chi connectivity index (χ1) is 20.3. The Hall–Kier alpha value is -3.64. The zero-order valence-electron chi connectivity index (χ0n) is 23.7. The Morgan fingerprint density at radius 2 is 1.95 bits per heavy atom. The average Bonchev–Trinajstić information content (AvgIpc) is 3.76. The fourth-order valence-corrected chi connectivity index (χ4v) is 7.34. The number of carbonyl (C=O) groups excluding carboxylic acids is 1. The van der Waals surface area contributed by atoms with E-state index in [9.17, 15) is 19.6 Å². The van der Waals surface area contributed by atoms with E-state index in [0.717, 1.165) is 47.7 Å². The zero-order valence-corrected chi connectivity index (χ0v) is 25.3. The molecule has 5 heterocycles. The van der Waals surface area contributed by atoms with E-state index >= 15 is 0 Å². The van der Waals surface area contributed by atoms with E-state index in [1.807, 2.05) is 23.4 Å². The van der Waals surface area contributed by atoms with E-state index in [1.54, 1.807) is 17.0 Å². The minimum absolute atomic E-state index is 0.0671. The molecular formula is C28H32FN9O2S2. The Morgan fingerprint density at radius 1 is 1.19 bits per heavy atom. The third-order valence-corrected chi connectivity index (χ3v) is 9.93. The molecule has 14 heteroatoms. The quantitative estimate of drug-likeness (QED) is 0.305. The lowest BCUT2D eigenvalue weighted by Crippen LogP contribution is -2.56. The van der Waals surface area contributed by atoms with Crippen LogP contribution in [0.15, 0.2) is 24.3 Å². The van der Waals surface area contributed by atoms with E-state index < -0.39 is 6.10 Å². The van der Waals surface area contributed by atoms with Gasteiger partial charge in [-0.3, -0.25) is 9.69 Å².